The van der Waals surface area contributed by atoms with Gasteiger partial charge in [-0.1, -0.05) is 78.9 Å². The average molecular weight is 495 g/mol. The molecule has 4 aromatic carbocycles. The fourth-order valence-corrected chi connectivity index (χ4v) is 4.55. The second-order valence-electron chi connectivity index (χ2n) is 9.07. The van der Waals surface area contributed by atoms with Crippen LogP contribution in [0.4, 0.5) is 0 Å². The molecule has 0 bridgehead atoms. The number of hydrogen-bond acceptors (Lipinski definition) is 4. The highest BCUT2D eigenvalue weighted by molar-refractivity contribution is 6.00. The highest BCUT2D eigenvalue weighted by Gasteiger charge is 2.17. The summed E-state index contributed by atoms with van der Waals surface area (Å²) in [5.41, 5.74) is 15.7. The molecular formula is C31H34N4O2. The molecule has 4 rings (SSSR count). The summed E-state index contributed by atoms with van der Waals surface area (Å²) < 4.78 is 0. The van der Waals surface area contributed by atoms with Gasteiger partial charge in [0.1, 0.15) is 0 Å². The minimum atomic E-state index is -0.152. The molecule has 0 spiro atoms. The van der Waals surface area contributed by atoms with Gasteiger partial charge in [-0.15, -0.1) is 0 Å². The van der Waals surface area contributed by atoms with Crippen molar-refractivity contribution in [2.45, 2.75) is 25.9 Å². The van der Waals surface area contributed by atoms with E-state index < -0.39 is 0 Å². The molecule has 0 heterocycles. The van der Waals surface area contributed by atoms with E-state index in [9.17, 15) is 9.59 Å². The lowest BCUT2D eigenvalue weighted by atomic mass is 9.97. The molecule has 190 valence electrons. The molecule has 0 saturated carbocycles. The summed E-state index contributed by atoms with van der Waals surface area (Å²) in [4.78, 5) is 27.9. The number of nitrogens with zero attached hydrogens (tertiary/aromatic N) is 1. The Balaban J connectivity index is 1.63. The number of hydrogen-bond donors (Lipinski definition) is 3. The van der Waals surface area contributed by atoms with Crippen LogP contribution in [0.2, 0.25) is 0 Å². The van der Waals surface area contributed by atoms with E-state index in [4.69, 9.17) is 11.5 Å². The number of nitrogens with two attached hydrogens (primary N) is 2. The molecule has 6 nitrogen and oxygen atoms in total. The third-order valence-corrected chi connectivity index (χ3v) is 6.40. The van der Waals surface area contributed by atoms with E-state index in [1.807, 2.05) is 65.6 Å². The zero-order valence-electron chi connectivity index (χ0n) is 21.0. The predicted octanol–water partition coefficient (Wildman–Crippen LogP) is 4.46. The van der Waals surface area contributed by atoms with Gasteiger partial charge in [0, 0.05) is 38.2 Å². The van der Waals surface area contributed by atoms with Gasteiger partial charge in [0.05, 0.1) is 0 Å². The number of nitrogens with one attached hydrogen (secondary N) is 1. The molecule has 0 saturated heterocycles. The molecular weight excluding hydrogens is 460 g/mol. The molecule has 0 unspecified atom stereocenters. The van der Waals surface area contributed by atoms with Gasteiger partial charge < -0.3 is 21.7 Å². The molecule has 0 atom stereocenters. The number of carbonyl (C=O) groups is 2. The molecule has 0 aliphatic rings. The molecule has 0 aliphatic heterocycles. The lowest BCUT2D eigenvalue weighted by molar-refractivity contribution is -0.132. The van der Waals surface area contributed by atoms with Crippen LogP contribution in [0.15, 0.2) is 91.0 Å². The van der Waals surface area contributed by atoms with Gasteiger partial charge in [0.25, 0.3) is 5.91 Å². The number of benzene rings is 4. The largest absolute Gasteiger partial charge is 0.351 e. The quantitative estimate of drug-likeness (QED) is 0.286. The minimum absolute atomic E-state index is 0.0744. The van der Waals surface area contributed by atoms with Crippen LogP contribution in [0.1, 0.15) is 34.3 Å². The van der Waals surface area contributed by atoms with Crippen LogP contribution in [0.25, 0.3) is 21.9 Å². The summed E-state index contributed by atoms with van der Waals surface area (Å²) in [7, 11) is 0. The Labute approximate surface area is 218 Å². The van der Waals surface area contributed by atoms with Crippen LogP contribution in [-0.2, 0) is 17.9 Å². The minimum Gasteiger partial charge on any atom is -0.351 e. The number of fused-ring (bicyclic) bond motifs is 1. The van der Waals surface area contributed by atoms with E-state index in [2.05, 4.69) is 35.6 Å². The Morgan fingerprint density at radius 3 is 2.38 bits per heavy atom. The van der Waals surface area contributed by atoms with Crippen molar-refractivity contribution in [3.05, 3.63) is 108 Å². The van der Waals surface area contributed by atoms with E-state index in [1.165, 1.54) is 0 Å². The van der Waals surface area contributed by atoms with Gasteiger partial charge in [0.15, 0.2) is 0 Å². The van der Waals surface area contributed by atoms with Crippen molar-refractivity contribution >= 4 is 22.6 Å². The standard InChI is InChI=1S/C31H34N4O2/c32-17-7-16-30(36)35(22-26-12-6-10-24-9-1-2-13-27(24)26)21-23-8-5-11-25(20-23)28-14-3-4-15-29(28)31(37)34-19-18-33/h1-6,8-15,20H,7,16-19,21-22,32-33H2,(H,34,37). The van der Waals surface area contributed by atoms with E-state index >= 15 is 0 Å². The van der Waals surface area contributed by atoms with Crippen molar-refractivity contribution in [1.82, 2.24) is 10.2 Å². The number of rotatable bonds is 11. The highest BCUT2D eigenvalue weighted by Crippen LogP contribution is 2.26. The third-order valence-electron chi connectivity index (χ3n) is 6.40. The number of amides is 2. The van der Waals surface area contributed by atoms with Gasteiger partial charge in [-0.2, -0.15) is 0 Å². The smallest absolute Gasteiger partial charge is 0.251 e. The monoisotopic (exact) mass is 494 g/mol. The van der Waals surface area contributed by atoms with Crippen molar-refractivity contribution in [1.29, 1.82) is 0 Å². The van der Waals surface area contributed by atoms with Gasteiger partial charge in [-0.3, -0.25) is 9.59 Å². The van der Waals surface area contributed by atoms with Gasteiger partial charge in [0.2, 0.25) is 5.91 Å². The molecule has 4 aromatic rings. The van der Waals surface area contributed by atoms with Crippen LogP contribution in [0, 0.1) is 0 Å². The Kier molecular flexibility index (Phi) is 9.03. The van der Waals surface area contributed by atoms with Crippen LogP contribution in [0.3, 0.4) is 0 Å². The van der Waals surface area contributed by atoms with E-state index in [0.717, 1.165) is 33.0 Å². The average Bonchev–Trinajstić information content (AvgIpc) is 2.94. The topological polar surface area (TPSA) is 101 Å². The molecule has 5 N–H and O–H groups in total. The Morgan fingerprint density at radius 1 is 0.784 bits per heavy atom. The first-order valence-corrected chi connectivity index (χ1v) is 12.7. The van der Waals surface area contributed by atoms with Crippen LogP contribution >= 0.6 is 0 Å². The second kappa shape index (κ2) is 12.8. The lowest BCUT2D eigenvalue weighted by Gasteiger charge is -2.24. The van der Waals surface area contributed by atoms with Crippen LogP contribution < -0.4 is 16.8 Å². The van der Waals surface area contributed by atoms with Crippen molar-refractivity contribution in [2.75, 3.05) is 19.6 Å². The normalized spacial score (nSPS) is 10.9. The van der Waals surface area contributed by atoms with Crippen molar-refractivity contribution in [2.24, 2.45) is 11.5 Å². The molecule has 0 radical (unpaired) electrons. The number of carbonyl (C=O) groups excluding carboxylic acids is 2. The van der Waals surface area contributed by atoms with Gasteiger partial charge >= 0.3 is 0 Å². The summed E-state index contributed by atoms with van der Waals surface area (Å²) >= 11 is 0. The molecule has 6 heteroatoms. The SMILES string of the molecule is NCCCC(=O)N(Cc1cccc(-c2ccccc2C(=O)NCCN)c1)Cc1cccc2ccccc12. The predicted molar refractivity (Wildman–Crippen MR) is 150 cm³/mol. The maximum absolute atomic E-state index is 13.3. The summed E-state index contributed by atoms with van der Waals surface area (Å²) in [5, 5.41) is 5.15. The first-order chi connectivity index (χ1) is 18.1. The summed E-state index contributed by atoms with van der Waals surface area (Å²) in [6.07, 6.45) is 1.06. The third kappa shape index (κ3) is 6.61. The summed E-state index contributed by atoms with van der Waals surface area (Å²) in [6.45, 7) is 2.25. The summed E-state index contributed by atoms with van der Waals surface area (Å²) in [6, 6.07) is 30.0. The van der Waals surface area contributed by atoms with Crippen LogP contribution in [0.5, 0.6) is 0 Å². The van der Waals surface area contributed by atoms with Crippen molar-refractivity contribution in [3.8, 4) is 11.1 Å². The molecule has 0 fully saturated rings. The maximum Gasteiger partial charge on any atom is 0.251 e. The molecule has 37 heavy (non-hydrogen) atoms. The second-order valence-corrected chi connectivity index (χ2v) is 9.07. The fraction of sp³-hybridized carbons (Fsp3) is 0.226. The van der Waals surface area contributed by atoms with Crippen LogP contribution in [-0.4, -0.2) is 36.3 Å². The van der Waals surface area contributed by atoms with Gasteiger partial charge in [-0.05, 0) is 58.1 Å². The molecule has 2 amide bonds. The lowest BCUT2D eigenvalue weighted by Crippen LogP contribution is -2.30. The maximum atomic E-state index is 13.3. The van der Waals surface area contributed by atoms with E-state index in [-0.39, 0.29) is 11.8 Å². The Hall–Kier alpha value is -4.00. The molecule has 0 aromatic heterocycles. The zero-order chi connectivity index (χ0) is 26.0. The summed E-state index contributed by atoms with van der Waals surface area (Å²) in [5.74, 6) is -0.0775. The Bertz CT molecular complexity index is 1360. The van der Waals surface area contributed by atoms with Crippen molar-refractivity contribution in [3.63, 3.8) is 0 Å². The first-order valence-electron chi connectivity index (χ1n) is 12.7. The highest BCUT2D eigenvalue weighted by atomic mass is 16.2. The zero-order valence-corrected chi connectivity index (χ0v) is 21.0. The fourth-order valence-electron chi connectivity index (χ4n) is 4.55. The molecule has 0 aliphatic carbocycles. The van der Waals surface area contributed by atoms with Gasteiger partial charge in [-0.25, -0.2) is 0 Å². The Morgan fingerprint density at radius 2 is 1.54 bits per heavy atom. The van der Waals surface area contributed by atoms with Crippen molar-refractivity contribution < 1.29 is 9.59 Å². The first kappa shape index (κ1) is 26.1. The van der Waals surface area contributed by atoms with E-state index in [0.29, 0.717) is 51.1 Å². The van der Waals surface area contributed by atoms with E-state index in [1.54, 1.807) is 0 Å².